The Morgan fingerprint density at radius 1 is 0.426 bits per heavy atom. The Labute approximate surface area is 271 Å². The summed E-state index contributed by atoms with van der Waals surface area (Å²) in [6, 6.07) is 54.8. The van der Waals surface area contributed by atoms with Gasteiger partial charge in [0.15, 0.2) is 0 Å². The maximum atomic E-state index is 6.51. The summed E-state index contributed by atoms with van der Waals surface area (Å²) in [5.41, 5.74) is 18.6. The molecule has 0 radical (unpaired) electrons. The second-order valence-corrected chi connectivity index (χ2v) is 12.0. The largest absolute Gasteiger partial charge is 0.456 e. The van der Waals surface area contributed by atoms with Gasteiger partial charge in [-0.2, -0.15) is 0 Å². The first-order valence-corrected chi connectivity index (χ1v) is 15.8. The van der Waals surface area contributed by atoms with E-state index in [0.717, 1.165) is 83.2 Å². The maximum absolute atomic E-state index is 6.51. The molecule has 0 amide bonds. The predicted octanol–water partition coefficient (Wildman–Crippen LogP) is 11.7. The molecule has 47 heavy (non-hydrogen) atoms. The topological polar surface area (TPSA) is 55.5 Å². The maximum Gasteiger partial charge on any atom is 0.135 e. The molecule has 0 unspecified atom stereocenters. The van der Waals surface area contributed by atoms with Gasteiger partial charge in [0.25, 0.3) is 0 Å². The number of fused-ring (bicyclic) bond motifs is 6. The molecule has 0 bridgehead atoms. The summed E-state index contributed by atoms with van der Waals surface area (Å²) in [6.07, 6.45) is 0. The highest BCUT2D eigenvalue weighted by atomic mass is 16.3. The summed E-state index contributed by atoms with van der Waals surface area (Å²) in [6.45, 7) is 0.701. The van der Waals surface area contributed by atoms with E-state index >= 15 is 0 Å². The highest BCUT2D eigenvalue weighted by Gasteiger charge is 2.16. The van der Waals surface area contributed by atoms with E-state index < -0.39 is 0 Å². The number of benzene rings is 7. The van der Waals surface area contributed by atoms with Gasteiger partial charge in [0, 0.05) is 33.8 Å². The normalized spacial score (nSPS) is 11.6. The number of furan rings is 2. The first kappa shape index (κ1) is 27.1. The van der Waals surface area contributed by atoms with Gasteiger partial charge >= 0.3 is 0 Å². The van der Waals surface area contributed by atoms with Crippen LogP contribution in [0.2, 0.25) is 0 Å². The molecule has 0 atom stereocenters. The van der Waals surface area contributed by atoms with Crippen LogP contribution in [0.5, 0.6) is 0 Å². The van der Waals surface area contributed by atoms with Gasteiger partial charge in [-0.05, 0) is 94.5 Å². The standard InChI is InChI=1S/C43H30N2O2/c44-38-14-5-6-15-39(38)45(27-28-9-2-1-3-10-28)33-12-8-11-29(23-33)30-17-21-42-36(25-30)37-26-32(19-22-43(37)47-42)31-18-20-41-35(24-31)34-13-4-7-16-40(34)46-41/h1-26H,27,44H2. The highest BCUT2D eigenvalue weighted by Crippen LogP contribution is 2.39. The molecule has 7 aromatic carbocycles. The Morgan fingerprint density at radius 3 is 1.62 bits per heavy atom. The lowest BCUT2D eigenvalue weighted by molar-refractivity contribution is 0.668. The Bertz CT molecular complexity index is 2580. The fourth-order valence-electron chi connectivity index (χ4n) is 6.71. The van der Waals surface area contributed by atoms with E-state index in [0.29, 0.717) is 6.54 Å². The average molecular weight is 607 g/mol. The number of nitrogen functional groups attached to an aromatic ring is 1. The molecule has 0 aliphatic heterocycles. The Hall–Kier alpha value is -6.26. The third-order valence-corrected chi connectivity index (χ3v) is 9.08. The lowest BCUT2D eigenvalue weighted by Gasteiger charge is -2.27. The Kier molecular flexibility index (Phi) is 6.32. The number of nitrogens with zero attached hydrogens (tertiary/aromatic N) is 1. The molecule has 2 N–H and O–H groups in total. The van der Waals surface area contributed by atoms with Crippen LogP contribution in [0.4, 0.5) is 17.1 Å². The zero-order valence-electron chi connectivity index (χ0n) is 25.6. The predicted molar refractivity (Wildman–Crippen MR) is 195 cm³/mol. The number of anilines is 3. The molecule has 4 heteroatoms. The van der Waals surface area contributed by atoms with Gasteiger partial charge < -0.3 is 19.5 Å². The zero-order chi connectivity index (χ0) is 31.3. The fraction of sp³-hybridized carbons (Fsp3) is 0.0233. The van der Waals surface area contributed by atoms with E-state index in [9.17, 15) is 0 Å². The minimum Gasteiger partial charge on any atom is -0.456 e. The lowest BCUT2D eigenvalue weighted by Crippen LogP contribution is -2.17. The summed E-state index contributed by atoms with van der Waals surface area (Å²) in [7, 11) is 0. The van der Waals surface area contributed by atoms with Crippen molar-refractivity contribution in [1.29, 1.82) is 0 Å². The van der Waals surface area contributed by atoms with Crippen LogP contribution >= 0.6 is 0 Å². The lowest BCUT2D eigenvalue weighted by atomic mass is 9.99. The highest BCUT2D eigenvalue weighted by molar-refractivity contribution is 6.09. The molecule has 0 saturated carbocycles. The molecule has 224 valence electrons. The summed E-state index contributed by atoms with van der Waals surface area (Å²) >= 11 is 0. The zero-order valence-corrected chi connectivity index (χ0v) is 25.6. The van der Waals surface area contributed by atoms with Crippen molar-refractivity contribution in [2.75, 3.05) is 10.6 Å². The van der Waals surface area contributed by atoms with Crippen molar-refractivity contribution in [3.8, 4) is 22.3 Å². The first-order chi connectivity index (χ1) is 23.2. The first-order valence-electron chi connectivity index (χ1n) is 15.8. The van der Waals surface area contributed by atoms with Crippen molar-refractivity contribution >= 4 is 60.9 Å². The van der Waals surface area contributed by atoms with Crippen LogP contribution in [-0.2, 0) is 6.54 Å². The molecule has 2 heterocycles. The van der Waals surface area contributed by atoms with Gasteiger partial charge in [-0.1, -0.05) is 91.0 Å². The second-order valence-electron chi connectivity index (χ2n) is 12.0. The fourth-order valence-corrected chi connectivity index (χ4v) is 6.71. The Morgan fingerprint density at radius 2 is 0.957 bits per heavy atom. The van der Waals surface area contributed by atoms with Crippen LogP contribution in [0.25, 0.3) is 66.1 Å². The molecule has 4 nitrogen and oxygen atoms in total. The summed E-state index contributed by atoms with van der Waals surface area (Å²) in [5, 5.41) is 4.43. The van der Waals surface area contributed by atoms with Gasteiger partial charge in [-0.25, -0.2) is 0 Å². The van der Waals surface area contributed by atoms with E-state index in [1.807, 2.05) is 36.4 Å². The minimum absolute atomic E-state index is 0.701. The van der Waals surface area contributed by atoms with Gasteiger partial charge in [0.1, 0.15) is 22.3 Å². The molecular weight excluding hydrogens is 576 g/mol. The molecule has 0 aliphatic carbocycles. The third-order valence-electron chi connectivity index (χ3n) is 9.08. The summed E-state index contributed by atoms with van der Waals surface area (Å²) < 4.78 is 12.4. The summed E-state index contributed by atoms with van der Waals surface area (Å²) in [4.78, 5) is 2.28. The van der Waals surface area contributed by atoms with Crippen molar-refractivity contribution in [3.05, 3.63) is 163 Å². The van der Waals surface area contributed by atoms with Gasteiger partial charge in [0.05, 0.1) is 11.4 Å². The molecule has 0 aliphatic rings. The SMILES string of the molecule is Nc1ccccc1N(Cc1ccccc1)c1cccc(-c2ccc3oc4ccc(-c5ccc6oc7ccccc7c6c5)cc4c3c2)c1. The molecule has 9 rings (SSSR count). The van der Waals surface area contributed by atoms with Crippen molar-refractivity contribution < 1.29 is 8.83 Å². The van der Waals surface area contributed by atoms with E-state index in [1.54, 1.807) is 0 Å². The minimum atomic E-state index is 0.701. The van der Waals surface area contributed by atoms with Crippen LogP contribution in [-0.4, -0.2) is 0 Å². The van der Waals surface area contributed by atoms with Crippen molar-refractivity contribution in [2.24, 2.45) is 0 Å². The second kappa shape index (κ2) is 11.0. The van der Waals surface area contributed by atoms with E-state index in [1.165, 1.54) is 5.56 Å². The Balaban J connectivity index is 1.12. The molecule has 9 aromatic rings. The van der Waals surface area contributed by atoms with Gasteiger partial charge in [-0.3, -0.25) is 0 Å². The number of hydrogen-bond acceptors (Lipinski definition) is 4. The van der Waals surface area contributed by atoms with Crippen LogP contribution in [0, 0.1) is 0 Å². The van der Waals surface area contributed by atoms with E-state index in [2.05, 4.69) is 126 Å². The molecule has 0 saturated heterocycles. The van der Waals surface area contributed by atoms with Crippen LogP contribution in [0.15, 0.2) is 167 Å². The van der Waals surface area contributed by atoms with Crippen LogP contribution < -0.4 is 10.6 Å². The van der Waals surface area contributed by atoms with E-state index in [-0.39, 0.29) is 0 Å². The van der Waals surface area contributed by atoms with Crippen LogP contribution in [0.1, 0.15) is 5.56 Å². The number of hydrogen-bond donors (Lipinski definition) is 1. The van der Waals surface area contributed by atoms with Crippen molar-refractivity contribution in [3.63, 3.8) is 0 Å². The smallest absolute Gasteiger partial charge is 0.135 e. The van der Waals surface area contributed by atoms with E-state index in [4.69, 9.17) is 14.6 Å². The monoisotopic (exact) mass is 606 g/mol. The van der Waals surface area contributed by atoms with Gasteiger partial charge in [0.2, 0.25) is 0 Å². The quantitative estimate of drug-likeness (QED) is 0.191. The number of nitrogens with two attached hydrogens (primary N) is 1. The van der Waals surface area contributed by atoms with Crippen LogP contribution in [0.3, 0.4) is 0 Å². The van der Waals surface area contributed by atoms with Gasteiger partial charge in [-0.15, -0.1) is 0 Å². The average Bonchev–Trinajstić information content (AvgIpc) is 3.68. The molecular formula is C43H30N2O2. The number of rotatable bonds is 6. The summed E-state index contributed by atoms with van der Waals surface area (Å²) in [5.74, 6) is 0. The molecule has 0 fully saturated rings. The molecule has 0 spiro atoms. The van der Waals surface area contributed by atoms with Crippen molar-refractivity contribution in [1.82, 2.24) is 0 Å². The molecule has 2 aromatic heterocycles. The third kappa shape index (κ3) is 4.79. The van der Waals surface area contributed by atoms with Crippen molar-refractivity contribution in [2.45, 2.75) is 6.54 Å². The number of para-hydroxylation sites is 3.